The van der Waals surface area contributed by atoms with Gasteiger partial charge in [-0.1, -0.05) is 6.07 Å². The van der Waals surface area contributed by atoms with E-state index in [2.05, 4.69) is 10.3 Å². The first-order chi connectivity index (χ1) is 8.83. The zero-order valence-electron chi connectivity index (χ0n) is 10.9. The van der Waals surface area contributed by atoms with Crippen molar-refractivity contribution in [2.24, 2.45) is 11.8 Å². The molecule has 0 aromatic carbocycles. The molecule has 19 heavy (non-hydrogen) atoms. The van der Waals surface area contributed by atoms with Crippen LogP contribution in [-0.2, 0) is 11.2 Å². The lowest BCUT2D eigenvalue weighted by Gasteiger charge is -2.34. The Morgan fingerprint density at radius 2 is 2.26 bits per heavy atom. The summed E-state index contributed by atoms with van der Waals surface area (Å²) in [5.74, 6) is 1.69. The summed E-state index contributed by atoms with van der Waals surface area (Å²) in [7, 11) is 0. The van der Waals surface area contributed by atoms with Crippen LogP contribution in [0.4, 0.5) is 0 Å². The molecule has 1 N–H and O–H groups in total. The van der Waals surface area contributed by atoms with E-state index in [9.17, 15) is 4.79 Å². The summed E-state index contributed by atoms with van der Waals surface area (Å²) in [6.07, 6.45) is 5.15. The summed E-state index contributed by atoms with van der Waals surface area (Å²) >= 11 is 0. The third kappa shape index (κ3) is 3.25. The van der Waals surface area contributed by atoms with Gasteiger partial charge in [-0.25, -0.2) is 0 Å². The molecule has 3 heterocycles. The van der Waals surface area contributed by atoms with Crippen molar-refractivity contribution >= 4 is 18.3 Å². The molecule has 0 saturated carbocycles. The van der Waals surface area contributed by atoms with Gasteiger partial charge in [0.25, 0.3) is 0 Å². The number of likely N-dealkylation sites (tertiary alicyclic amines) is 1. The minimum absolute atomic E-state index is 0. The second-order valence-corrected chi connectivity index (χ2v) is 5.34. The van der Waals surface area contributed by atoms with Crippen LogP contribution in [0.2, 0.25) is 0 Å². The second-order valence-electron chi connectivity index (χ2n) is 5.34. The maximum atomic E-state index is 12.2. The minimum Gasteiger partial charge on any atom is -0.342 e. The van der Waals surface area contributed by atoms with Crippen LogP contribution in [0.25, 0.3) is 0 Å². The van der Waals surface area contributed by atoms with Crippen LogP contribution >= 0.6 is 12.4 Å². The number of nitrogens with zero attached hydrogens (tertiary/aromatic N) is 2. The SMILES string of the molecule is Cl.O=C(Cc1cccnc1)N1CCC2CNCC2C1. The Balaban J connectivity index is 0.00000133. The van der Waals surface area contributed by atoms with Crippen molar-refractivity contribution in [2.45, 2.75) is 12.8 Å². The molecule has 1 aromatic rings. The fraction of sp³-hybridized carbons (Fsp3) is 0.571. The number of pyridine rings is 1. The van der Waals surface area contributed by atoms with E-state index in [-0.39, 0.29) is 18.3 Å². The molecule has 1 amide bonds. The van der Waals surface area contributed by atoms with Gasteiger partial charge in [0.15, 0.2) is 0 Å². The zero-order valence-corrected chi connectivity index (χ0v) is 11.7. The maximum Gasteiger partial charge on any atom is 0.227 e. The summed E-state index contributed by atoms with van der Waals surface area (Å²) in [4.78, 5) is 18.3. The van der Waals surface area contributed by atoms with Crippen LogP contribution in [0.15, 0.2) is 24.5 Å². The summed E-state index contributed by atoms with van der Waals surface area (Å²) in [5.41, 5.74) is 1.01. The van der Waals surface area contributed by atoms with E-state index in [0.29, 0.717) is 12.3 Å². The fourth-order valence-electron chi connectivity index (χ4n) is 3.05. The Morgan fingerprint density at radius 1 is 1.42 bits per heavy atom. The predicted octanol–water partition coefficient (Wildman–Crippen LogP) is 1.11. The summed E-state index contributed by atoms with van der Waals surface area (Å²) < 4.78 is 0. The molecule has 5 heteroatoms. The largest absolute Gasteiger partial charge is 0.342 e. The van der Waals surface area contributed by atoms with Crippen molar-refractivity contribution in [1.29, 1.82) is 0 Å². The van der Waals surface area contributed by atoms with Gasteiger partial charge < -0.3 is 10.2 Å². The first kappa shape index (κ1) is 14.3. The quantitative estimate of drug-likeness (QED) is 0.883. The summed E-state index contributed by atoms with van der Waals surface area (Å²) in [6, 6.07) is 3.85. The van der Waals surface area contributed by atoms with E-state index in [1.807, 2.05) is 17.0 Å². The Labute approximate surface area is 120 Å². The van der Waals surface area contributed by atoms with Crippen LogP contribution in [0.3, 0.4) is 0 Å². The number of amides is 1. The van der Waals surface area contributed by atoms with Crippen LogP contribution in [0.1, 0.15) is 12.0 Å². The van der Waals surface area contributed by atoms with Gasteiger partial charge in [-0.3, -0.25) is 9.78 Å². The third-order valence-corrected chi connectivity index (χ3v) is 4.14. The van der Waals surface area contributed by atoms with Crippen molar-refractivity contribution in [2.75, 3.05) is 26.2 Å². The van der Waals surface area contributed by atoms with Crippen molar-refractivity contribution < 1.29 is 4.79 Å². The highest BCUT2D eigenvalue weighted by Gasteiger charge is 2.34. The van der Waals surface area contributed by atoms with Gasteiger partial charge in [0.1, 0.15) is 0 Å². The molecule has 3 rings (SSSR count). The monoisotopic (exact) mass is 281 g/mol. The molecule has 104 valence electrons. The number of rotatable bonds is 2. The number of hydrogen-bond acceptors (Lipinski definition) is 3. The molecule has 0 radical (unpaired) electrons. The summed E-state index contributed by atoms with van der Waals surface area (Å²) in [6.45, 7) is 4.05. The number of carbonyl (C=O) groups is 1. The Bertz CT molecular complexity index is 426. The van der Waals surface area contributed by atoms with Gasteiger partial charge in [-0.2, -0.15) is 0 Å². The van der Waals surface area contributed by atoms with Crippen molar-refractivity contribution in [3.63, 3.8) is 0 Å². The number of halogens is 1. The Kier molecular flexibility index (Phi) is 4.77. The standard InChI is InChI=1S/C14H19N3O.ClH/c18-14(6-11-2-1-4-15-7-11)17-5-3-12-8-16-9-13(12)10-17;/h1-2,4,7,12-13,16H,3,5-6,8-10H2;1H. The number of hydrogen-bond donors (Lipinski definition) is 1. The highest BCUT2D eigenvalue weighted by molar-refractivity contribution is 5.85. The molecule has 1 aromatic heterocycles. The molecule has 2 unspecified atom stereocenters. The van der Waals surface area contributed by atoms with Crippen LogP contribution in [0.5, 0.6) is 0 Å². The topological polar surface area (TPSA) is 45.2 Å². The van der Waals surface area contributed by atoms with E-state index in [4.69, 9.17) is 0 Å². The van der Waals surface area contributed by atoms with Crippen molar-refractivity contribution in [3.8, 4) is 0 Å². The lowest BCUT2D eigenvalue weighted by Crippen LogP contribution is -2.44. The molecular formula is C14H20ClN3O. The van der Waals surface area contributed by atoms with E-state index in [1.54, 1.807) is 12.4 Å². The van der Waals surface area contributed by atoms with Crippen molar-refractivity contribution in [3.05, 3.63) is 30.1 Å². The van der Waals surface area contributed by atoms with Gasteiger partial charge >= 0.3 is 0 Å². The molecule has 0 bridgehead atoms. The van der Waals surface area contributed by atoms with Crippen LogP contribution in [-0.4, -0.2) is 42.0 Å². The second kappa shape index (κ2) is 6.35. The lowest BCUT2D eigenvalue weighted by atomic mass is 9.88. The Hall–Kier alpha value is -1.13. The molecule has 0 spiro atoms. The molecular weight excluding hydrogens is 262 g/mol. The number of nitrogens with one attached hydrogen (secondary N) is 1. The first-order valence-electron chi connectivity index (χ1n) is 6.70. The smallest absolute Gasteiger partial charge is 0.227 e. The molecule has 2 aliphatic rings. The van der Waals surface area contributed by atoms with Gasteiger partial charge in [0.2, 0.25) is 5.91 Å². The zero-order chi connectivity index (χ0) is 12.4. The molecule has 4 nitrogen and oxygen atoms in total. The summed E-state index contributed by atoms with van der Waals surface area (Å²) in [5, 5.41) is 3.43. The average molecular weight is 282 g/mol. The van der Waals surface area contributed by atoms with E-state index in [1.165, 1.54) is 0 Å². The third-order valence-electron chi connectivity index (χ3n) is 4.14. The fourth-order valence-corrected chi connectivity index (χ4v) is 3.05. The minimum atomic E-state index is 0. The number of carbonyl (C=O) groups excluding carboxylic acids is 1. The van der Waals surface area contributed by atoms with Gasteiger partial charge in [-0.15, -0.1) is 12.4 Å². The first-order valence-corrected chi connectivity index (χ1v) is 6.70. The maximum absolute atomic E-state index is 12.2. The van der Waals surface area contributed by atoms with Crippen LogP contribution < -0.4 is 5.32 Å². The number of fused-ring (bicyclic) bond motifs is 1. The normalized spacial score (nSPS) is 25.6. The number of aromatic nitrogens is 1. The highest BCUT2D eigenvalue weighted by atomic mass is 35.5. The van der Waals surface area contributed by atoms with Crippen molar-refractivity contribution in [1.82, 2.24) is 15.2 Å². The molecule has 2 aliphatic heterocycles. The lowest BCUT2D eigenvalue weighted by molar-refractivity contribution is -0.132. The predicted molar refractivity (Wildman–Crippen MR) is 76.2 cm³/mol. The van der Waals surface area contributed by atoms with Gasteiger partial charge in [-0.05, 0) is 43.0 Å². The number of piperidine rings is 1. The van der Waals surface area contributed by atoms with Gasteiger partial charge in [0, 0.05) is 25.5 Å². The Morgan fingerprint density at radius 3 is 3.05 bits per heavy atom. The average Bonchev–Trinajstić information content (AvgIpc) is 2.87. The van der Waals surface area contributed by atoms with Gasteiger partial charge in [0.05, 0.1) is 6.42 Å². The van der Waals surface area contributed by atoms with Crippen LogP contribution in [0, 0.1) is 11.8 Å². The molecule has 0 aliphatic carbocycles. The molecule has 2 atom stereocenters. The molecule has 2 fully saturated rings. The van der Waals surface area contributed by atoms with E-state index < -0.39 is 0 Å². The van der Waals surface area contributed by atoms with E-state index >= 15 is 0 Å². The van der Waals surface area contributed by atoms with E-state index in [0.717, 1.165) is 44.1 Å². The molecule has 2 saturated heterocycles. The highest BCUT2D eigenvalue weighted by Crippen LogP contribution is 2.26.